The highest BCUT2D eigenvalue weighted by atomic mass is 19.1. The number of ether oxygens (including phenoxy) is 1. The number of para-hydroxylation sites is 1. The van der Waals surface area contributed by atoms with Crippen molar-refractivity contribution in [1.82, 2.24) is 5.32 Å². The van der Waals surface area contributed by atoms with Gasteiger partial charge in [-0.2, -0.15) is 0 Å². The highest BCUT2D eigenvalue weighted by Gasteiger charge is 2.27. The predicted octanol–water partition coefficient (Wildman–Crippen LogP) is 4.38. The Morgan fingerprint density at radius 3 is 2.11 bits per heavy atom. The monoisotopic (exact) mass is 481 g/mol. The van der Waals surface area contributed by atoms with E-state index in [1.807, 2.05) is 6.07 Å². The quantitative estimate of drug-likeness (QED) is 0.423. The third-order valence-electron chi connectivity index (χ3n) is 4.95. The van der Waals surface area contributed by atoms with Gasteiger partial charge in [-0.3, -0.25) is 14.4 Å². The standard InChI is InChI=1S/C26H25F2N3O4/c1-16(2)24(31-25(33)23-20(27)12-7-13-21(23)28)26(34)30-18-10-6-11-19(14-18)35-15-22(32)29-17-8-4-3-5-9-17/h3-14,16,24H,15H2,1-2H3,(H,29,32)(H,30,34)(H,31,33)/t24-/m0/s1. The first-order valence-electron chi connectivity index (χ1n) is 10.9. The molecule has 0 saturated carbocycles. The van der Waals surface area contributed by atoms with Crippen LogP contribution in [0.1, 0.15) is 24.2 Å². The first-order chi connectivity index (χ1) is 16.7. The lowest BCUT2D eigenvalue weighted by Gasteiger charge is -2.22. The van der Waals surface area contributed by atoms with Gasteiger partial charge in [-0.15, -0.1) is 0 Å². The van der Waals surface area contributed by atoms with Crippen molar-refractivity contribution in [2.75, 3.05) is 17.2 Å². The molecule has 0 bridgehead atoms. The lowest BCUT2D eigenvalue weighted by atomic mass is 10.0. The molecule has 1 atom stereocenters. The van der Waals surface area contributed by atoms with Gasteiger partial charge in [-0.25, -0.2) is 8.78 Å². The maximum absolute atomic E-state index is 14.0. The fourth-order valence-electron chi connectivity index (χ4n) is 3.21. The van der Waals surface area contributed by atoms with E-state index in [-0.39, 0.29) is 18.4 Å². The SMILES string of the molecule is CC(C)[C@H](NC(=O)c1c(F)cccc1F)C(=O)Nc1cccc(OCC(=O)Nc2ccccc2)c1. The lowest BCUT2D eigenvalue weighted by molar-refractivity contribution is -0.119. The Balaban J connectivity index is 1.61. The van der Waals surface area contributed by atoms with Gasteiger partial charge in [0, 0.05) is 17.4 Å². The van der Waals surface area contributed by atoms with Crippen LogP contribution in [0.5, 0.6) is 5.75 Å². The average molecular weight is 481 g/mol. The molecular formula is C26H25F2N3O4. The molecule has 9 heteroatoms. The molecule has 3 aromatic carbocycles. The summed E-state index contributed by atoms with van der Waals surface area (Å²) in [6, 6.07) is 17.3. The Bertz CT molecular complexity index is 1180. The van der Waals surface area contributed by atoms with Gasteiger partial charge in [-0.1, -0.05) is 44.2 Å². The first-order valence-corrected chi connectivity index (χ1v) is 10.9. The van der Waals surface area contributed by atoms with Crippen LogP contribution in [0.3, 0.4) is 0 Å². The molecule has 0 unspecified atom stereocenters. The van der Waals surface area contributed by atoms with Crippen molar-refractivity contribution in [3.63, 3.8) is 0 Å². The van der Waals surface area contributed by atoms with Crippen molar-refractivity contribution in [2.24, 2.45) is 5.92 Å². The Labute approximate surface area is 201 Å². The zero-order valence-electron chi connectivity index (χ0n) is 19.2. The minimum absolute atomic E-state index is 0.245. The maximum Gasteiger partial charge on any atom is 0.262 e. The van der Waals surface area contributed by atoms with Crippen LogP contribution in [0.4, 0.5) is 20.2 Å². The van der Waals surface area contributed by atoms with Gasteiger partial charge in [0.2, 0.25) is 5.91 Å². The summed E-state index contributed by atoms with van der Waals surface area (Å²) in [7, 11) is 0. The molecule has 0 radical (unpaired) electrons. The number of hydrogen-bond donors (Lipinski definition) is 3. The lowest BCUT2D eigenvalue weighted by Crippen LogP contribution is -2.47. The highest BCUT2D eigenvalue weighted by molar-refractivity contribution is 6.01. The fourth-order valence-corrected chi connectivity index (χ4v) is 3.21. The number of carbonyl (C=O) groups is 3. The Morgan fingerprint density at radius 1 is 0.829 bits per heavy atom. The summed E-state index contributed by atoms with van der Waals surface area (Å²) in [6.07, 6.45) is 0. The Kier molecular flexibility index (Phi) is 8.50. The molecule has 182 valence electrons. The average Bonchev–Trinajstić information content (AvgIpc) is 2.82. The minimum Gasteiger partial charge on any atom is -0.484 e. The van der Waals surface area contributed by atoms with Crippen molar-refractivity contribution in [2.45, 2.75) is 19.9 Å². The topological polar surface area (TPSA) is 96.5 Å². The first kappa shape index (κ1) is 25.4. The number of hydrogen-bond acceptors (Lipinski definition) is 4. The molecule has 0 aliphatic heterocycles. The molecule has 0 aliphatic rings. The van der Waals surface area contributed by atoms with Crippen LogP contribution in [-0.4, -0.2) is 30.4 Å². The zero-order valence-corrected chi connectivity index (χ0v) is 19.2. The zero-order chi connectivity index (χ0) is 25.4. The van der Waals surface area contributed by atoms with Gasteiger partial charge < -0.3 is 20.7 Å². The maximum atomic E-state index is 14.0. The third-order valence-corrected chi connectivity index (χ3v) is 4.95. The molecular weight excluding hydrogens is 456 g/mol. The van der Waals surface area contributed by atoms with E-state index in [2.05, 4.69) is 16.0 Å². The molecule has 35 heavy (non-hydrogen) atoms. The van der Waals surface area contributed by atoms with E-state index in [4.69, 9.17) is 4.74 Å². The number of anilines is 2. The number of nitrogens with one attached hydrogen (secondary N) is 3. The van der Waals surface area contributed by atoms with Crippen LogP contribution in [-0.2, 0) is 9.59 Å². The summed E-state index contributed by atoms with van der Waals surface area (Å²) in [5.74, 6) is -4.05. The van der Waals surface area contributed by atoms with Crippen LogP contribution in [0, 0.1) is 17.6 Å². The van der Waals surface area contributed by atoms with Crippen LogP contribution in [0.15, 0.2) is 72.8 Å². The molecule has 0 spiro atoms. The summed E-state index contributed by atoms with van der Waals surface area (Å²) in [4.78, 5) is 37.4. The number of rotatable bonds is 9. The summed E-state index contributed by atoms with van der Waals surface area (Å²) in [5, 5.41) is 7.75. The van der Waals surface area contributed by atoms with Crippen molar-refractivity contribution in [1.29, 1.82) is 0 Å². The van der Waals surface area contributed by atoms with Crippen LogP contribution in [0.2, 0.25) is 0 Å². The van der Waals surface area contributed by atoms with Crippen molar-refractivity contribution in [3.05, 3.63) is 90.0 Å². The smallest absolute Gasteiger partial charge is 0.262 e. The second kappa shape index (κ2) is 11.7. The summed E-state index contributed by atoms with van der Waals surface area (Å²) < 4.78 is 33.4. The van der Waals surface area contributed by atoms with Crippen LogP contribution < -0.4 is 20.7 Å². The minimum atomic E-state index is -1.07. The molecule has 7 nitrogen and oxygen atoms in total. The van der Waals surface area contributed by atoms with Crippen molar-refractivity contribution in [3.8, 4) is 5.75 Å². The van der Waals surface area contributed by atoms with Crippen LogP contribution >= 0.6 is 0 Å². The molecule has 3 aromatic rings. The van der Waals surface area contributed by atoms with Crippen molar-refractivity contribution < 1.29 is 27.9 Å². The molecule has 0 fully saturated rings. The second-order valence-electron chi connectivity index (χ2n) is 8.01. The number of benzene rings is 3. The van der Waals surface area contributed by atoms with E-state index in [1.165, 1.54) is 6.07 Å². The molecule has 3 amide bonds. The van der Waals surface area contributed by atoms with Gasteiger partial charge in [0.05, 0.1) is 0 Å². The number of carbonyl (C=O) groups excluding carboxylic acids is 3. The van der Waals surface area contributed by atoms with E-state index < -0.39 is 35.1 Å². The molecule has 3 N–H and O–H groups in total. The van der Waals surface area contributed by atoms with Crippen molar-refractivity contribution >= 4 is 29.1 Å². The third kappa shape index (κ3) is 7.10. The van der Waals surface area contributed by atoms with E-state index in [9.17, 15) is 23.2 Å². The van der Waals surface area contributed by atoms with E-state index in [0.29, 0.717) is 17.1 Å². The van der Waals surface area contributed by atoms with E-state index in [1.54, 1.807) is 56.3 Å². The normalized spacial score (nSPS) is 11.5. The fraction of sp³-hybridized carbons (Fsp3) is 0.192. The Hall–Kier alpha value is -4.27. The highest BCUT2D eigenvalue weighted by Crippen LogP contribution is 2.19. The molecule has 3 rings (SSSR count). The molecule has 0 heterocycles. The molecule has 0 aromatic heterocycles. The summed E-state index contributed by atoms with van der Waals surface area (Å²) in [5.41, 5.74) is 0.238. The predicted molar refractivity (Wildman–Crippen MR) is 128 cm³/mol. The van der Waals surface area contributed by atoms with Gasteiger partial charge in [0.25, 0.3) is 11.8 Å². The van der Waals surface area contributed by atoms with E-state index in [0.717, 1.165) is 18.2 Å². The van der Waals surface area contributed by atoms with E-state index >= 15 is 0 Å². The number of amides is 3. The largest absolute Gasteiger partial charge is 0.484 e. The van der Waals surface area contributed by atoms with Crippen LogP contribution in [0.25, 0.3) is 0 Å². The van der Waals surface area contributed by atoms with Gasteiger partial charge in [-0.05, 0) is 42.3 Å². The van der Waals surface area contributed by atoms with Gasteiger partial charge in [0.1, 0.15) is 29.0 Å². The van der Waals surface area contributed by atoms with Gasteiger partial charge in [0.15, 0.2) is 6.61 Å². The molecule has 0 saturated heterocycles. The van der Waals surface area contributed by atoms with Gasteiger partial charge >= 0.3 is 0 Å². The molecule has 0 aliphatic carbocycles. The Morgan fingerprint density at radius 2 is 1.46 bits per heavy atom. The summed E-state index contributed by atoms with van der Waals surface area (Å²) >= 11 is 0. The number of halogens is 2. The summed E-state index contributed by atoms with van der Waals surface area (Å²) in [6.45, 7) is 3.13. The second-order valence-corrected chi connectivity index (χ2v) is 8.01.